The van der Waals surface area contributed by atoms with Crippen LogP contribution < -0.4 is 5.73 Å². The highest BCUT2D eigenvalue weighted by Gasteiger charge is 2.63. The van der Waals surface area contributed by atoms with E-state index < -0.39 is 17.5 Å². The number of benzene rings is 1. The number of imide groups is 1. The summed E-state index contributed by atoms with van der Waals surface area (Å²) in [7, 11) is 0. The number of hydrogen-bond donors (Lipinski definition) is 1. The molecular weight excluding hydrogens is 352 g/mol. The van der Waals surface area contributed by atoms with Crippen molar-refractivity contribution in [3.05, 3.63) is 29.8 Å². The molecule has 6 nitrogen and oxygen atoms in total. The van der Waals surface area contributed by atoms with E-state index in [1.54, 1.807) is 0 Å². The first-order valence-corrected chi connectivity index (χ1v) is 10.6. The van der Waals surface area contributed by atoms with Gasteiger partial charge in [-0.3, -0.25) is 14.5 Å². The van der Waals surface area contributed by atoms with Crippen LogP contribution in [0.5, 0.6) is 0 Å². The number of nitrogens with zero attached hydrogens (tertiary/aromatic N) is 3. The van der Waals surface area contributed by atoms with Gasteiger partial charge in [0.25, 0.3) is 5.91 Å². The molecule has 0 radical (unpaired) electrons. The predicted molar refractivity (Wildman–Crippen MR) is 112 cm³/mol. The first-order valence-electron chi connectivity index (χ1n) is 10.6. The third-order valence-electron chi connectivity index (χ3n) is 5.65. The van der Waals surface area contributed by atoms with E-state index in [9.17, 15) is 9.59 Å². The Hall–Kier alpha value is -2.24. The van der Waals surface area contributed by atoms with Gasteiger partial charge in [-0.05, 0) is 30.0 Å². The molecule has 6 heteroatoms. The molecule has 1 fully saturated rings. The van der Waals surface area contributed by atoms with Crippen LogP contribution in [0.1, 0.15) is 65.9 Å². The number of rotatable bonds is 7. The van der Waals surface area contributed by atoms with Gasteiger partial charge in [-0.2, -0.15) is 10.2 Å². The van der Waals surface area contributed by atoms with E-state index >= 15 is 0 Å². The van der Waals surface area contributed by atoms with E-state index in [0.717, 1.165) is 31.2 Å². The Bertz CT molecular complexity index is 731. The average Bonchev–Trinajstić information content (AvgIpc) is 3.20. The minimum Gasteiger partial charge on any atom is -0.399 e. The summed E-state index contributed by atoms with van der Waals surface area (Å²) in [5.74, 6) is -0.896. The summed E-state index contributed by atoms with van der Waals surface area (Å²) in [5.41, 5.74) is 6.62. The molecule has 0 saturated carbocycles. The monoisotopic (exact) mass is 386 g/mol. The molecule has 154 valence electrons. The van der Waals surface area contributed by atoms with Crippen molar-refractivity contribution < 1.29 is 9.59 Å². The van der Waals surface area contributed by atoms with Crippen LogP contribution in [0.3, 0.4) is 0 Å². The Morgan fingerprint density at radius 3 is 2.46 bits per heavy atom. The van der Waals surface area contributed by atoms with Gasteiger partial charge in [0, 0.05) is 12.2 Å². The molecule has 0 spiro atoms. The number of nitrogen functional groups attached to an aromatic ring is 1. The lowest BCUT2D eigenvalue weighted by Crippen LogP contribution is -2.43. The van der Waals surface area contributed by atoms with Crippen LogP contribution in [0.2, 0.25) is 0 Å². The summed E-state index contributed by atoms with van der Waals surface area (Å²) in [6.07, 6.45) is 4.10. The standard InChI is InChI=1S/C20H28N4O2.C2H6/c1-4-5-6-7-11-24-18(25)16-17(19(24)26)22-23-20(16,13(2)3)14-9-8-10-15(21)12-14;1-2/h8-10,12-13,16-17H,4-7,11,21H2,1-3H3;1-2H3. The predicted octanol–water partition coefficient (Wildman–Crippen LogP) is 4.55. The summed E-state index contributed by atoms with van der Waals surface area (Å²) in [6, 6.07) is 6.75. The summed E-state index contributed by atoms with van der Waals surface area (Å²) < 4.78 is 0. The molecule has 2 N–H and O–H groups in total. The van der Waals surface area contributed by atoms with Crippen LogP contribution in [0.4, 0.5) is 5.69 Å². The lowest BCUT2D eigenvalue weighted by atomic mass is 9.70. The van der Waals surface area contributed by atoms with Gasteiger partial charge in [0.05, 0.1) is 0 Å². The van der Waals surface area contributed by atoms with Crippen LogP contribution in [0.25, 0.3) is 0 Å². The highest BCUT2D eigenvalue weighted by atomic mass is 16.2. The molecule has 3 atom stereocenters. The molecule has 3 unspecified atom stereocenters. The normalized spacial score (nSPS) is 25.9. The van der Waals surface area contributed by atoms with Crippen molar-refractivity contribution in [3.8, 4) is 0 Å². The molecule has 28 heavy (non-hydrogen) atoms. The zero-order valence-electron chi connectivity index (χ0n) is 17.8. The minimum atomic E-state index is -0.828. The number of anilines is 1. The van der Waals surface area contributed by atoms with E-state index in [1.807, 2.05) is 52.0 Å². The van der Waals surface area contributed by atoms with Crippen molar-refractivity contribution in [1.29, 1.82) is 0 Å². The molecule has 0 aromatic heterocycles. The number of unbranched alkanes of at least 4 members (excludes halogenated alkanes) is 3. The smallest absolute Gasteiger partial charge is 0.256 e. The minimum absolute atomic E-state index is 0.0137. The third kappa shape index (κ3) is 3.69. The second-order valence-corrected chi connectivity index (χ2v) is 7.63. The molecule has 2 aliphatic rings. The first-order chi connectivity index (χ1) is 13.4. The van der Waals surface area contributed by atoms with Gasteiger partial charge in [0.1, 0.15) is 11.5 Å². The number of likely N-dealkylation sites (tertiary alicyclic amines) is 1. The highest BCUT2D eigenvalue weighted by molar-refractivity contribution is 6.08. The van der Waals surface area contributed by atoms with Crippen LogP contribution >= 0.6 is 0 Å². The van der Waals surface area contributed by atoms with Crippen molar-refractivity contribution >= 4 is 17.5 Å². The molecule has 1 aromatic rings. The third-order valence-corrected chi connectivity index (χ3v) is 5.65. The quantitative estimate of drug-likeness (QED) is 0.424. The Labute approximate surface area is 168 Å². The van der Waals surface area contributed by atoms with Crippen LogP contribution in [0, 0.1) is 11.8 Å². The number of azo groups is 1. The van der Waals surface area contributed by atoms with Crippen molar-refractivity contribution in [3.63, 3.8) is 0 Å². The average molecular weight is 387 g/mol. The molecule has 3 rings (SSSR count). The number of hydrogen-bond acceptors (Lipinski definition) is 5. The van der Waals surface area contributed by atoms with E-state index in [4.69, 9.17) is 5.73 Å². The number of amides is 2. The Morgan fingerprint density at radius 1 is 1.14 bits per heavy atom. The number of nitrogens with two attached hydrogens (primary N) is 1. The van der Waals surface area contributed by atoms with Gasteiger partial charge in [-0.15, -0.1) is 0 Å². The zero-order valence-corrected chi connectivity index (χ0v) is 17.8. The number of carbonyl (C=O) groups is 2. The lowest BCUT2D eigenvalue weighted by Gasteiger charge is -2.34. The fourth-order valence-corrected chi connectivity index (χ4v) is 4.23. The van der Waals surface area contributed by atoms with Crippen molar-refractivity contribution in [1.82, 2.24) is 4.90 Å². The second kappa shape index (κ2) is 9.30. The maximum atomic E-state index is 13.2. The first kappa shape index (κ1) is 22.1. The van der Waals surface area contributed by atoms with Gasteiger partial charge in [0.2, 0.25) is 5.91 Å². The summed E-state index contributed by atoms with van der Waals surface area (Å²) >= 11 is 0. The molecule has 2 heterocycles. The van der Waals surface area contributed by atoms with Crippen molar-refractivity contribution in [2.45, 2.75) is 71.9 Å². The Balaban J connectivity index is 0.00000136. The molecular formula is C22H34N4O2. The SMILES string of the molecule is CC.CCCCCCN1C(=O)C2N=NC(c3cccc(N)c3)(C(C)C)C2C1=O. The van der Waals surface area contributed by atoms with Crippen molar-refractivity contribution in [2.75, 3.05) is 12.3 Å². The van der Waals surface area contributed by atoms with Crippen LogP contribution in [-0.4, -0.2) is 29.3 Å². The molecule has 2 amide bonds. The fraction of sp³-hybridized carbons (Fsp3) is 0.636. The fourth-order valence-electron chi connectivity index (χ4n) is 4.23. The molecule has 1 saturated heterocycles. The maximum absolute atomic E-state index is 13.2. The molecule has 1 aromatic carbocycles. The Kier molecular flexibility index (Phi) is 7.33. The topological polar surface area (TPSA) is 88.1 Å². The van der Waals surface area contributed by atoms with Crippen LogP contribution in [-0.2, 0) is 15.1 Å². The molecule has 2 aliphatic heterocycles. The zero-order chi connectivity index (χ0) is 20.9. The largest absolute Gasteiger partial charge is 0.399 e. The van der Waals surface area contributed by atoms with E-state index in [-0.39, 0.29) is 17.7 Å². The summed E-state index contributed by atoms with van der Waals surface area (Å²) in [4.78, 5) is 27.4. The number of fused-ring (bicyclic) bond motifs is 1. The summed E-state index contributed by atoms with van der Waals surface area (Å²) in [5, 5.41) is 8.79. The molecule has 0 aliphatic carbocycles. The van der Waals surface area contributed by atoms with Gasteiger partial charge >= 0.3 is 0 Å². The lowest BCUT2D eigenvalue weighted by molar-refractivity contribution is -0.140. The van der Waals surface area contributed by atoms with Crippen molar-refractivity contribution in [2.24, 2.45) is 22.1 Å². The second-order valence-electron chi connectivity index (χ2n) is 7.63. The van der Waals surface area contributed by atoms with E-state index in [0.29, 0.717) is 12.2 Å². The van der Waals surface area contributed by atoms with Gasteiger partial charge in [-0.1, -0.05) is 66.0 Å². The van der Waals surface area contributed by atoms with E-state index in [2.05, 4.69) is 17.2 Å². The molecule has 0 bridgehead atoms. The number of carbonyl (C=O) groups excluding carboxylic acids is 2. The summed E-state index contributed by atoms with van der Waals surface area (Å²) in [6.45, 7) is 10.7. The van der Waals surface area contributed by atoms with Gasteiger partial charge < -0.3 is 5.73 Å². The van der Waals surface area contributed by atoms with Gasteiger partial charge in [-0.25, -0.2) is 0 Å². The highest BCUT2D eigenvalue weighted by Crippen LogP contribution is 2.51. The Morgan fingerprint density at radius 2 is 1.86 bits per heavy atom. The van der Waals surface area contributed by atoms with Crippen LogP contribution in [0.15, 0.2) is 34.5 Å². The van der Waals surface area contributed by atoms with Gasteiger partial charge in [0.15, 0.2) is 6.04 Å². The van der Waals surface area contributed by atoms with E-state index in [1.165, 1.54) is 4.90 Å². The maximum Gasteiger partial charge on any atom is 0.256 e.